The Morgan fingerprint density at radius 1 is 0.762 bits per heavy atom. The zero-order valence-corrected chi connectivity index (χ0v) is 10.4. The zero-order chi connectivity index (χ0) is 11.1. The lowest BCUT2D eigenvalue weighted by Crippen LogP contribution is -2.51. The molecule has 0 heterocycles. The smallest absolute Gasteiger partial charge is 0.443 e. The highest BCUT2D eigenvalue weighted by Crippen LogP contribution is 2.38. The van der Waals surface area contributed by atoms with E-state index in [0.29, 0.717) is 0 Å². The Morgan fingerprint density at radius 2 is 0.952 bits per heavy atom. The molecule has 0 rings (SSSR count). The summed E-state index contributed by atoms with van der Waals surface area (Å²) < 4.78 is 74.8. The van der Waals surface area contributed by atoms with Crippen molar-refractivity contribution in [3.05, 3.63) is 0 Å². The van der Waals surface area contributed by atoms with Gasteiger partial charge in [0, 0.05) is 0 Å². The topological polar surface area (TPSA) is 344 Å². The van der Waals surface area contributed by atoms with Crippen LogP contribution in [0.1, 0.15) is 0 Å². The SMILES string of the molecule is O.O.O.O.O.O.O.O.O=C(O)C(F)(F)C(F)(F)S(=O)(=O)O. The molecule has 0 fully saturated rings. The van der Waals surface area contributed by atoms with Crippen LogP contribution in [0.5, 0.6) is 0 Å². The first kappa shape index (κ1) is 60.0. The average molecular weight is 370 g/mol. The summed E-state index contributed by atoms with van der Waals surface area (Å²) in [5.74, 6) is -9.23. The molecule has 0 saturated heterocycles. The van der Waals surface area contributed by atoms with E-state index >= 15 is 0 Å². The van der Waals surface area contributed by atoms with Crippen molar-refractivity contribution in [1.82, 2.24) is 0 Å². The number of rotatable bonds is 3. The highest BCUT2D eigenvalue weighted by Gasteiger charge is 2.70. The van der Waals surface area contributed by atoms with E-state index < -0.39 is 27.3 Å². The molecule has 0 amide bonds. The van der Waals surface area contributed by atoms with Crippen LogP contribution in [0.25, 0.3) is 0 Å². The molecule has 142 valence electrons. The number of hydrogen-bond acceptors (Lipinski definition) is 3. The van der Waals surface area contributed by atoms with Crippen molar-refractivity contribution in [1.29, 1.82) is 0 Å². The highest BCUT2D eigenvalue weighted by atomic mass is 32.2. The summed E-state index contributed by atoms with van der Waals surface area (Å²) in [5, 5.41) is 1.48. The first-order valence-electron chi connectivity index (χ1n) is 2.40. The first-order chi connectivity index (χ1) is 5.44. The Kier molecular flexibility index (Phi) is 43.4. The Labute approximate surface area is 113 Å². The minimum atomic E-state index is -6.47. The van der Waals surface area contributed by atoms with Crippen molar-refractivity contribution >= 4 is 16.1 Å². The molecular weight excluding hydrogens is 352 g/mol. The van der Waals surface area contributed by atoms with Crippen molar-refractivity contribution in [2.24, 2.45) is 0 Å². The summed E-state index contributed by atoms with van der Waals surface area (Å²) in [5.41, 5.74) is 0. The van der Waals surface area contributed by atoms with Gasteiger partial charge in [0.05, 0.1) is 0 Å². The molecule has 0 spiro atoms. The molecule has 0 bridgehead atoms. The van der Waals surface area contributed by atoms with Crippen molar-refractivity contribution in [2.75, 3.05) is 0 Å². The summed E-state index contributed by atoms with van der Waals surface area (Å²) in [6.45, 7) is 0. The Morgan fingerprint density at radius 3 is 1.00 bits per heavy atom. The molecule has 21 heavy (non-hydrogen) atoms. The normalized spacial score (nSPS) is 8.81. The average Bonchev–Trinajstić information content (AvgIpc) is 1.84. The van der Waals surface area contributed by atoms with Gasteiger partial charge in [-0.25, -0.2) is 4.79 Å². The highest BCUT2D eigenvalue weighted by molar-refractivity contribution is 7.87. The van der Waals surface area contributed by atoms with Gasteiger partial charge >= 0.3 is 27.3 Å². The van der Waals surface area contributed by atoms with E-state index in [-0.39, 0.29) is 43.8 Å². The summed E-state index contributed by atoms with van der Waals surface area (Å²) in [6.07, 6.45) is 0. The fourth-order valence-corrected chi connectivity index (χ4v) is 0.698. The maximum atomic E-state index is 12.0. The lowest BCUT2D eigenvalue weighted by Gasteiger charge is -2.19. The van der Waals surface area contributed by atoms with Gasteiger partial charge in [0.2, 0.25) is 0 Å². The van der Waals surface area contributed by atoms with Gasteiger partial charge in [-0.2, -0.15) is 26.0 Å². The molecule has 0 aromatic carbocycles. The number of halogens is 4. The molecule has 0 saturated carbocycles. The lowest BCUT2D eigenvalue weighted by molar-refractivity contribution is -0.199. The van der Waals surface area contributed by atoms with Crippen LogP contribution in [-0.4, -0.2) is 79.0 Å². The number of carboxylic acid groups (broad SMARTS) is 1. The third-order valence-corrected chi connectivity index (χ3v) is 1.86. The molecule has 18 heteroatoms. The summed E-state index contributed by atoms with van der Waals surface area (Å²) in [4.78, 5) is 9.51. The van der Waals surface area contributed by atoms with Crippen LogP contribution in [0.4, 0.5) is 17.6 Å². The van der Waals surface area contributed by atoms with Gasteiger partial charge < -0.3 is 48.9 Å². The van der Waals surface area contributed by atoms with Crippen molar-refractivity contribution < 1.29 is 84.2 Å². The van der Waals surface area contributed by atoms with Crippen LogP contribution in [0.15, 0.2) is 0 Å². The number of aliphatic carboxylic acids is 1. The second kappa shape index (κ2) is 15.2. The standard InChI is InChI=1S/C3H2F4O5S.8H2O/c4-2(5,1(8)9)3(6,7)13(10,11)12;;;;;;;;/h(H,8,9)(H,10,11,12);8*1H2. The molecule has 13 nitrogen and oxygen atoms in total. The summed E-state index contributed by atoms with van der Waals surface area (Å²) in [7, 11) is -6.47. The predicted octanol–water partition coefficient (Wildman–Crippen LogP) is -6.41. The number of hydrogen-bond donors (Lipinski definition) is 2. The van der Waals surface area contributed by atoms with Crippen LogP contribution >= 0.6 is 0 Å². The van der Waals surface area contributed by atoms with Crippen molar-refractivity contribution in [2.45, 2.75) is 11.2 Å². The minimum Gasteiger partial charge on any atom is -0.477 e. The molecular formula is C3H18F4O13S. The Hall–Kier alpha value is -1.22. The van der Waals surface area contributed by atoms with Gasteiger partial charge in [0.1, 0.15) is 0 Å². The van der Waals surface area contributed by atoms with Crippen LogP contribution in [0.2, 0.25) is 0 Å². The number of carbonyl (C=O) groups is 1. The molecule has 0 aliphatic carbocycles. The van der Waals surface area contributed by atoms with E-state index in [2.05, 4.69) is 0 Å². The van der Waals surface area contributed by atoms with Crippen LogP contribution in [-0.2, 0) is 14.9 Å². The fraction of sp³-hybridized carbons (Fsp3) is 0.667. The Bertz CT molecular complexity index is 326. The van der Waals surface area contributed by atoms with E-state index in [0.717, 1.165) is 0 Å². The quantitative estimate of drug-likeness (QED) is 0.360. The third kappa shape index (κ3) is 10.2. The van der Waals surface area contributed by atoms with Gasteiger partial charge in [0.25, 0.3) is 0 Å². The largest absolute Gasteiger partial charge is 0.477 e. The van der Waals surface area contributed by atoms with Gasteiger partial charge in [-0.05, 0) is 0 Å². The molecule has 18 N–H and O–H groups in total. The molecule has 0 radical (unpaired) electrons. The third-order valence-electron chi connectivity index (χ3n) is 0.958. The molecule has 0 unspecified atom stereocenters. The van der Waals surface area contributed by atoms with Crippen molar-refractivity contribution in [3.63, 3.8) is 0 Å². The van der Waals surface area contributed by atoms with Gasteiger partial charge in [0.15, 0.2) is 0 Å². The fourth-order valence-electron chi connectivity index (χ4n) is 0.286. The van der Waals surface area contributed by atoms with Gasteiger partial charge in [-0.3, -0.25) is 4.55 Å². The second-order valence-electron chi connectivity index (χ2n) is 1.87. The van der Waals surface area contributed by atoms with E-state index in [9.17, 15) is 30.8 Å². The van der Waals surface area contributed by atoms with Crippen LogP contribution in [0, 0.1) is 0 Å². The van der Waals surface area contributed by atoms with E-state index in [1.807, 2.05) is 0 Å². The summed E-state index contributed by atoms with van der Waals surface area (Å²) in [6, 6.07) is 0. The van der Waals surface area contributed by atoms with Crippen molar-refractivity contribution in [3.8, 4) is 0 Å². The predicted molar refractivity (Wildman–Crippen MR) is 58.0 cm³/mol. The van der Waals surface area contributed by atoms with E-state index in [1.54, 1.807) is 0 Å². The zero-order valence-electron chi connectivity index (χ0n) is 9.54. The van der Waals surface area contributed by atoms with Crippen LogP contribution < -0.4 is 0 Å². The number of carboxylic acids is 1. The molecule has 0 aromatic rings. The first-order valence-corrected chi connectivity index (χ1v) is 3.84. The lowest BCUT2D eigenvalue weighted by atomic mass is 10.3. The second-order valence-corrected chi connectivity index (χ2v) is 3.33. The van der Waals surface area contributed by atoms with E-state index in [4.69, 9.17) is 9.66 Å². The summed E-state index contributed by atoms with van der Waals surface area (Å²) >= 11 is 0. The maximum Gasteiger partial charge on any atom is 0.443 e. The van der Waals surface area contributed by atoms with Gasteiger partial charge in [-0.1, -0.05) is 0 Å². The monoisotopic (exact) mass is 370 g/mol. The van der Waals surface area contributed by atoms with E-state index in [1.165, 1.54) is 0 Å². The molecule has 0 aliphatic heterocycles. The maximum absolute atomic E-state index is 12.0. The van der Waals surface area contributed by atoms with Gasteiger partial charge in [-0.15, -0.1) is 0 Å². The molecule has 0 aromatic heterocycles. The minimum absolute atomic E-state index is 0. The molecule has 0 aliphatic rings. The van der Waals surface area contributed by atoms with Crippen LogP contribution in [0.3, 0.4) is 0 Å². The Balaban J connectivity index is -0.0000000257. The molecule has 0 atom stereocenters. The number of alkyl halides is 4.